The number of benzene rings is 1. The summed E-state index contributed by atoms with van der Waals surface area (Å²) in [5, 5.41) is 18.8. The molecule has 0 aliphatic carbocycles. The number of likely N-dealkylation sites (tertiary alicyclic amines) is 1. The minimum atomic E-state index is -1.07. The topological polar surface area (TPSA) is 77.8 Å². The maximum Gasteiger partial charge on any atom is 0.326 e. The molecule has 2 rings (SSSR count). The van der Waals surface area contributed by atoms with Crippen LogP contribution in [0.1, 0.15) is 33.5 Å². The molecule has 1 aliphatic rings. The minimum Gasteiger partial charge on any atom is -0.480 e. The average Bonchev–Trinajstić information content (AvgIpc) is 2.70. The third-order valence-corrected chi connectivity index (χ3v) is 3.72. The van der Waals surface area contributed by atoms with Gasteiger partial charge >= 0.3 is 5.97 Å². The van der Waals surface area contributed by atoms with E-state index in [0.29, 0.717) is 5.56 Å². The average molecular weight is 277 g/mol. The van der Waals surface area contributed by atoms with Crippen LogP contribution in [0.2, 0.25) is 0 Å². The van der Waals surface area contributed by atoms with Gasteiger partial charge in [0.2, 0.25) is 0 Å². The standard InChI is InChI=1S/C15H19NO4/c1-8-4-9(2)13(10(3)5-8)14(18)16-7-11(17)6-12(16)15(19)20/h4-5,11-12,17H,6-7H2,1-3H3,(H,19,20)/t11-,12-/m1/s1. The number of β-amino-alcohol motifs (C(OH)–C–C–N with tert-alkyl or cyclic N) is 1. The Labute approximate surface area is 117 Å². The molecule has 1 saturated heterocycles. The smallest absolute Gasteiger partial charge is 0.326 e. The van der Waals surface area contributed by atoms with Gasteiger partial charge in [-0.1, -0.05) is 17.7 Å². The molecule has 108 valence electrons. The summed E-state index contributed by atoms with van der Waals surface area (Å²) in [5.41, 5.74) is 3.26. The van der Waals surface area contributed by atoms with Crippen molar-refractivity contribution in [1.82, 2.24) is 4.90 Å². The van der Waals surface area contributed by atoms with Crippen molar-refractivity contribution in [3.8, 4) is 0 Å². The number of carboxylic acid groups (broad SMARTS) is 1. The predicted molar refractivity (Wildman–Crippen MR) is 73.7 cm³/mol. The molecule has 5 nitrogen and oxygen atoms in total. The first-order chi connectivity index (χ1) is 9.31. The molecule has 20 heavy (non-hydrogen) atoms. The Hall–Kier alpha value is -1.88. The zero-order valence-corrected chi connectivity index (χ0v) is 11.9. The van der Waals surface area contributed by atoms with Crippen molar-refractivity contribution in [2.75, 3.05) is 6.54 Å². The number of aliphatic hydroxyl groups is 1. The van der Waals surface area contributed by atoms with E-state index in [4.69, 9.17) is 0 Å². The molecule has 1 aromatic rings. The molecule has 0 radical (unpaired) electrons. The number of aryl methyl sites for hydroxylation is 3. The molecular formula is C15H19NO4. The van der Waals surface area contributed by atoms with Gasteiger partial charge in [0.25, 0.3) is 5.91 Å². The van der Waals surface area contributed by atoms with Crippen LogP contribution < -0.4 is 0 Å². The number of hydrogen-bond acceptors (Lipinski definition) is 3. The third kappa shape index (κ3) is 2.54. The van der Waals surface area contributed by atoms with E-state index < -0.39 is 18.1 Å². The summed E-state index contributed by atoms with van der Waals surface area (Å²) < 4.78 is 0. The molecule has 1 heterocycles. The summed E-state index contributed by atoms with van der Waals surface area (Å²) in [6.45, 7) is 5.71. The zero-order valence-electron chi connectivity index (χ0n) is 11.9. The number of rotatable bonds is 2. The number of carboxylic acids is 1. The van der Waals surface area contributed by atoms with Crippen LogP contribution in [0.25, 0.3) is 0 Å². The van der Waals surface area contributed by atoms with Crippen LogP contribution in [-0.4, -0.2) is 45.7 Å². The molecule has 2 N–H and O–H groups in total. The number of nitrogens with zero attached hydrogens (tertiary/aromatic N) is 1. The van der Waals surface area contributed by atoms with E-state index in [2.05, 4.69) is 0 Å². The second-order valence-electron chi connectivity index (χ2n) is 5.47. The van der Waals surface area contributed by atoms with E-state index in [9.17, 15) is 19.8 Å². The SMILES string of the molecule is Cc1cc(C)c(C(=O)N2C[C@H](O)C[C@@H]2C(=O)O)c(C)c1. The van der Waals surface area contributed by atoms with Gasteiger partial charge in [-0.15, -0.1) is 0 Å². The number of carbonyl (C=O) groups excluding carboxylic acids is 1. The van der Waals surface area contributed by atoms with Crippen LogP contribution in [0.5, 0.6) is 0 Å². The van der Waals surface area contributed by atoms with Crippen molar-refractivity contribution < 1.29 is 19.8 Å². The lowest BCUT2D eigenvalue weighted by Gasteiger charge is -2.23. The van der Waals surface area contributed by atoms with Crippen molar-refractivity contribution in [3.05, 3.63) is 34.4 Å². The molecule has 1 aliphatic heterocycles. The number of aliphatic carboxylic acids is 1. The van der Waals surface area contributed by atoms with E-state index >= 15 is 0 Å². The largest absolute Gasteiger partial charge is 0.480 e. The van der Waals surface area contributed by atoms with Crippen LogP contribution in [0, 0.1) is 20.8 Å². The molecule has 0 unspecified atom stereocenters. The zero-order chi connectivity index (χ0) is 15.0. The summed E-state index contributed by atoms with van der Waals surface area (Å²) in [4.78, 5) is 25.1. The van der Waals surface area contributed by atoms with E-state index in [1.807, 2.05) is 32.9 Å². The van der Waals surface area contributed by atoms with Crippen molar-refractivity contribution in [2.45, 2.75) is 39.3 Å². The maximum absolute atomic E-state index is 12.6. The maximum atomic E-state index is 12.6. The van der Waals surface area contributed by atoms with Crippen LogP contribution >= 0.6 is 0 Å². The van der Waals surface area contributed by atoms with Gasteiger partial charge in [-0.05, 0) is 31.9 Å². The molecule has 1 amide bonds. The van der Waals surface area contributed by atoms with Crippen molar-refractivity contribution in [1.29, 1.82) is 0 Å². The highest BCUT2D eigenvalue weighted by molar-refractivity contribution is 5.99. The fourth-order valence-electron chi connectivity index (χ4n) is 2.93. The first-order valence-corrected chi connectivity index (χ1v) is 6.61. The summed E-state index contributed by atoms with van der Waals surface area (Å²) in [7, 11) is 0. The molecule has 1 fully saturated rings. The van der Waals surface area contributed by atoms with E-state index in [1.165, 1.54) is 4.90 Å². The summed E-state index contributed by atoms with van der Waals surface area (Å²) >= 11 is 0. The van der Waals surface area contributed by atoms with Gasteiger partial charge in [-0.2, -0.15) is 0 Å². The number of aliphatic hydroxyl groups excluding tert-OH is 1. The van der Waals surface area contributed by atoms with Crippen molar-refractivity contribution in [2.24, 2.45) is 0 Å². The molecule has 2 atom stereocenters. The Bertz CT molecular complexity index is 544. The fraction of sp³-hybridized carbons (Fsp3) is 0.467. The molecule has 5 heteroatoms. The Kier molecular flexibility index (Phi) is 3.81. The fourth-order valence-corrected chi connectivity index (χ4v) is 2.93. The molecule has 0 spiro atoms. The highest BCUT2D eigenvalue weighted by Gasteiger charge is 2.39. The lowest BCUT2D eigenvalue weighted by molar-refractivity contribution is -0.141. The molecule has 0 saturated carbocycles. The van der Waals surface area contributed by atoms with Crippen LogP contribution in [-0.2, 0) is 4.79 Å². The van der Waals surface area contributed by atoms with Gasteiger partial charge in [0.1, 0.15) is 6.04 Å². The normalized spacial score (nSPS) is 22.1. The Balaban J connectivity index is 2.39. The van der Waals surface area contributed by atoms with Crippen molar-refractivity contribution in [3.63, 3.8) is 0 Å². The summed E-state index contributed by atoms with van der Waals surface area (Å²) in [6.07, 6.45) is -0.684. The minimum absolute atomic E-state index is 0.0720. The van der Waals surface area contributed by atoms with Gasteiger partial charge in [-0.25, -0.2) is 4.79 Å². The van der Waals surface area contributed by atoms with Crippen LogP contribution in [0.15, 0.2) is 12.1 Å². The second kappa shape index (κ2) is 5.25. The molecular weight excluding hydrogens is 258 g/mol. The molecule has 0 bridgehead atoms. The Morgan fingerprint density at radius 3 is 2.25 bits per heavy atom. The lowest BCUT2D eigenvalue weighted by Crippen LogP contribution is -2.41. The Morgan fingerprint density at radius 1 is 1.20 bits per heavy atom. The predicted octanol–water partition coefficient (Wildman–Crippen LogP) is 1.27. The lowest BCUT2D eigenvalue weighted by atomic mass is 9.98. The van der Waals surface area contributed by atoms with E-state index in [-0.39, 0.29) is 18.9 Å². The third-order valence-electron chi connectivity index (χ3n) is 3.72. The van der Waals surface area contributed by atoms with Gasteiger partial charge in [0.15, 0.2) is 0 Å². The number of carbonyl (C=O) groups is 2. The Morgan fingerprint density at radius 2 is 1.75 bits per heavy atom. The van der Waals surface area contributed by atoms with Gasteiger partial charge < -0.3 is 15.1 Å². The van der Waals surface area contributed by atoms with Gasteiger partial charge in [0.05, 0.1) is 6.10 Å². The van der Waals surface area contributed by atoms with Gasteiger partial charge in [-0.3, -0.25) is 4.79 Å². The van der Waals surface area contributed by atoms with E-state index in [0.717, 1.165) is 16.7 Å². The van der Waals surface area contributed by atoms with Crippen LogP contribution in [0.4, 0.5) is 0 Å². The number of hydrogen-bond donors (Lipinski definition) is 2. The highest BCUT2D eigenvalue weighted by Crippen LogP contribution is 2.24. The molecule has 1 aromatic carbocycles. The van der Waals surface area contributed by atoms with E-state index in [1.54, 1.807) is 0 Å². The van der Waals surface area contributed by atoms with Crippen LogP contribution in [0.3, 0.4) is 0 Å². The van der Waals surface area contributed by atoms with Crippen molar-refractivity contribution >= 4 is 11.9 Å². The highest BCUT2D eigenvalue weighted by atomic mass is 16.4. The molecule has 0 aromatic heterocycles. The number of amides is 1. The summed E-state index contributed by atoms with van der Waals surface area (Å²) in [6, 6.07) is 2.86. The second-order valence-corrected chi connectivity index (χ2v) is 5.47. The van der Waals surface area contributed by atoms with Gasteiger partial charge in [0, 0.05) is 18.5 Å². The monoisotopic (exact) mass is 277 g/mol. The summed E-state index contributed by atoms with van der Waals surface area (Å²) in [5.74, 6) is -1.39. The first-order valence-electron chi connectivity index (χ1n) is 6.61. The quantitative estimate of drug-likeness (QED) is 0.853. The first kappa shape index (κ1) is 14.5.